The first kappa shape index (κ1) is 23.0. The van der Waals surface area contributed by atoms with Gasteiger partial charge < -0.3 is 14.7 Å². The zero-order valence-corrected chi connectivity index (χ0v) is 19.8. The lowest BCUT2D eigenvalue weighted by Crippen LogP contribution is -2.50. The maximum Gasteiger partial charge on any atom is 0.236 e. The number of likely N-dealkylation sites (N-methyl/N-ethyl adjacent to an activating group) is 1. The standard InChI is InChI=1S/C24H36N6O/c1-18(2)24-25-19(3)15-22(26-24)30-13-11-29(12-14-30)17-23(31)28(6)16-20-7-9-21(10-8-20)27(4)5/h7-10,15,18H,11-14,16-17H2,1-6H3. The summed E-state index contributed by atoms with van der Waals surface area (Å²) in [6.07, 6.45) is 0. The lowest BCUT2D eigenvalue weighted by atomic mass is 10.2. The molecule has 0 spiro atoms. The minimum absolute atomic E-state index is 0.158. The monoisotopic (exact) mass is 424 g/mol. The number of piperazine rings is 1. The van der Waals surface area contributed by atoms with E-state index in [0.717, 1.165) is 54.8 Å². The first-order chi connectivity index (χ1) is 14.7. The van der Waals surface area contributed by atoms with E-state index in [-0.39, 0.29) is 5.91 Å². The molecule has 1 fully saturated rings. The molecule has 1 aromatic heterocycles. The number of carbonyl (C=O) groups is 1. The maximum absolute atomic E-state index is 12.7. The molecule has 2 heterocycles. The molecule has 0 unspecified atom stereocenters. The first-order valence-corrected chi connectivity index (χ1v) is 11.1. The highest BCUT2D eigenvalue weighted by Gasteiger charge is 2.22. The Bertz CT molecular complexity index is 872. The van der Waals surface area contributed by atoms with Gasteiger partial charge in [0.05, 0.1) is 6.54 Å². The Balaban J connectivity index is 1.50. The average molecular weight is 425 g/mol. The van der Waals surface area contributed by atoms with Crippen molar-refractivity contribution in [2.45, 2.75) is 33.2 Å². The minimum Gasteiger partial charge on any atom is -0.378 e. The Morgan fingerprint density at radius 3 is 2.26 bits per heavy atom. The number of hydrogen-bond donors (Lipinski definition) is 0. The first-order valence-electron chi connectivity index (χ1n) is 11.1. The van der Waals surface area contributed by atoms with Gasteiger partial charge in [0.2, 0.25) is 5.91 Å². The molecule has 0 atom stereocenters. The molecule has 1 amide bonds. The van der Waals surface area contributed by atoms with Crippen LogP contribution in [-0.4, -0.2) is 79.5 Å². The molecule has 0 saturated carbocycles. The second-order valence-electron chi connectivity index (χ2n) is 8.95. The number of nitrogens with zero attached hydrogens (tertiary/aromatic N) is 6. The van der Waals surface area contributed by atoms with Gasteiger partial charge in [-0.2, -0.15) is 0 Å². The number of carbonyl (C=O) groups excluding carboxylic acids is 1. The molecule has 7 nitrogen and oxygen atoms in total. The van der Waals surface area contributed by atoms with Gasteiger partial charge in [0, 0.05) is 77.2 Å². The number of aromatic nitrogens is 2. The van der Waals surface area contributed by atoms with Gasteiger partial charge in [-0.05, 0) is 24.6 Å². The fourth-order valence-electron chi connectivity index (χ4n) is 3.70. The quantitative estimate of drug-likeness (QED) is 0.681. The smallest absolute Gasteiger partial charge is 0.236 e. The highest BCUT2D eigenvalue weighted by atomic mass is 16.2. The normalized spacial score (nSPS) is 14.7. The summed E-state index contributed by atoms with van der Waals surface area (Å²) in [6.45, 7) is 10.8. The van der Waals surface area contributed by atoms with Crippen molar-refractivity contribution in [3.8, 4) is 0 Å². The van der Waals surface area contributed by atoms with Gasteiger partial charge >= 0.3 is 0 Å². The Labute approximate surface area is 186 Å². The molecule has 2 aromatic rings. The van der Waals surface area contributed by atoms with Crippen LogP contribution >= 0.6 is 0 Å². The maximum atomic E-state index is 12.7. The van der Waals surface area contributed by atoms with Crippen LogP contribution in [0.25, 0.3) is 0 Å². The number of aryl methyl sites for hydroxylation is 1. The van der Waals surface area contributed by atoms with E-state index in [2.05, 4.69) is 63.9 Å². The number of benzene rings is 1. The van der Waals surface area contributed by atoms with E-state index in [0.29, 0.717) is 19.0 Å². The van der Waals surface area contributed by atoms with E-state index in [4.69, 9.17) is 4.98 Å². The molecular formula is C24H36N6O. The Morgan fingerprint density at radius 1 is 1.03 bits per heavy atom. The third kappa shape index (κ3) is 6.17. The predicted octanol–water partition coefficient (Wildman–Crippen LogP) is 2.76. The minimum atomic E-state index is 0.158. The van der Waals surface area contributed by atoms with Crippen LogP contribution in [0.5, 0.6) is 0 Å². The highest BCUT2D eigenvalue weighted by molar-refractivity contribution is 5.78. The van der Waals surface area contributed by atoms with Crippen molar-refractivity contribution in [2.24, 2.45) is 0 Å². The summed E-state index contributed by atoms with van der Waals surface area (Å²) in [5.41, 5.74) is 3.31. The Kier molecular flexibility index (Phi) is 7.49. The fourth-order valence-corrected chi connectivity index (χ4v) is 3.70. The molecule has 1 aliphatic rings. The van der Waals surface area contributed by atoms with Crippen LogP contribution in [0.3, 0.4) is 0 Å². The third-order valence-electron chi connectivity index (χ3n) is 5.73. The van der Waals surface area contributed by atoms with Crippen molar-refractivity contribution in [2.75, 3.05) is 63.7 Å². The van der Waals surface area contributed by atoms with Crippen LogP contribution < -0.4 is 9.80 Å². The van der Waals surface area contributed by atoms with Crippen LogP contribution in [0.15, 0.2) is 30.3 Å². The largest absolute Gasteiger partial charge is 0.378 e. The topological polar surface area (TPSA) is 55.8 Å². The molecule has 0 N–H and O–H groups in total. The molecule has 1 aromatic carbocycles. The summed E-state index contributed by atoms with van der Waals surface area (Å²) in [7, 11) is 5.94. The van der Waals surface area contributed by atoms with Gasteiger partial charge in [-0.15, -0.1) is 0 Å². The van der Waals surface area contributed by atoms with Crippen LogP contribution in [0.4, 0.5) is 11.5 Å². The van der Waals surface area contributed by atoms with Crippen molar-refractivity contribution in [3.05, 3.63) is 47.4 Å². The number of anilines is 2. The summed E-state index contributed by atoms with van der Waals surface area (Å²) < 4.78 is 0. The van der Waals surface area contributed by atoms with Crippen LogP contribution in [-0.2, 0) is 11.3 Å². The zero-order valence-electron chi connectivity index (χ0n) is 19.8. The SMILES string of the molecule is Cc1cc(N2CCN(CC(=O)N(C)Cc3ccc(N(C)C)cc3)CC2)nc(C(C)C)n1. The molecule has 1 aliphatic heterocycles. The molecule has 7 heteroatoms. The molecule has 0 radical (unpaired) electrons. The highest BCUT2D eigenvalue weighted by Crippen LogP contribution is 2.19. The summed E-state index contributed by atoms with van der Waals surface area (Å²) in [4.78, 5) is 30.5. The summed E-state index contributed by atoms with van der Waals surface area (Å²) in [5.74, 6) is 2.37. The van der Waals surface area contributed by atoms with Crippen molar-refractivity contribution in [1.82, 2.24) is 19.8 Å². The van der Waals surface area contributed by atoms with Crippen molar-refractivity contribution < 1.29 is 4.79 Å². The number of rotatable bonds is 7. The van der Waals surface area contributed by atoms with E-state index in [9.17, 15) is 4.79 Å². The summed E-state index contributed by atoms with van der Waals surface area (Å²) >= 11 is 0. The summed E-state index contributed by atoms with van der Waals surface area (Å²) in [6, 6.07) is 10.4. The fraction of sp³-hybridized carbons (Fsp3) is 0.542. The van der Waals surface area contributed by atoms with Crippen LogP contribution in [0.2, 0.25) is 0 Å². The number of hydrogen-bond acceptors (Lipinski definition) is 6. The molecule has 3 rings (SSSR count). The van der Waals surface area contributed by atoms with E-state index in [1.54, 1.807) is 0 Å². The van der Waals surface area contributed by atoms with Crippen molar-refractivity contribution >= 4 is 17.4 Å². The lowest BCUT2D eigenvalue weighted by molar-refractivity contribution is -0.131. The van der Waals surface area contributed by atoms with E-state index in [1.807, 2.05) is 33.0 Å². The molecular weight excluding hydrogens is 388 g/mol. The predicted molar refractivity (Wildman–Crippen MR) is 127 cm³/mol. The Hall–Kier alpha value is -2.67. The average Bonchev–Trinajstić information content (AvgIpc) is 2.74. The molecule has 0 aliphatic carbocycles. The van der Waals surface area contributed by atoms with E-state index >= 15 is 0 Å². The second kappa shape index (κ2) is 10.1. The number of amides is 1. The van der Waals surface area contributed by atoms with Gasteiger partial charge in [-0.25, -0.2) is 9.97 Å². The molecule has 1 saturated heterocycles. The van der Waals surface area contributed by atoms with Gasteiger partial charge in [-0.1, -0.05) is 26.0 Å². The molecule has 0 bridgehead atoms. The second-order valence-corrected chi connectivity index (χ2v) is 8.95. The van der Waals surface area contributed by atoms with Crippen molar-refractivity contribution in [3.63, 3.8) is 0 Å². The Morgan fingerprint density at radius 2 is 1.68 bits per heavy atom. The van der Waals surface area contributed by atoms with E-state index in [1.165, 1.54) is 0 Å². The van der Waals surface area contributed by atoms with Gasteiger partial charge in [-0.3, -0.25) is 9.69 Å². The molecule has 168 valence electrons. The van der Waals surface area contributed by atoms with Gasteiger partial charge in [0.25, 0.3) is 0 Å². The van der Waals surface area contributed by atoms with Gasteiger partial charge in [0.15, 0.2) is 0 Å². The lowest BCUT2D eigenvalue weighted by Gasteiger charge is -2.36. The third-order valence-corrected chi connectivity index (χ3v) is 5.73. The van der Waals surface area contributed by atoms with Crippen LogP contribution in [0.1, 0.15) is 36.8 Å². The van der Waals surface area contributed by atoms with E-state index < -0.39 is 0 Å². The molecule has 31 heavy (non-hydrogen) atoms. The zero-order chi connectivity index (χ0) is 22.5. The van der Waals surface area contributed by atoms with Crippen LogP contribution in [0, 0.1) is 6.92 Å². The van der Waals surface area contributed by atoms with Crippen molar-refractivity contribution in [1.29, 1.82) is 0 Å². The summed E-state index contributed by atoms with van der Waals surface area (Å²) in [5, 5.41) is 0. The van der Waals surface area contributed by atoms with Gasteiger partial charge in [0.1, 0.15) is 11.6 Å².